The second kappa shape index (κ2) is 8.11. The zero-order valence-electron chi connectivity index (χ0n) is 12.0. The highest BCUT2D eigenvalue weighted by atomic mass is 16.5. The van der Waals surface area contributed by atoms with Crippen molar-refractivity contribution in [2.24, 2.45) is 11.3 Å². The minimum Gasteiger partial charge on any atom is -0.480 e. The zero-order chi connectivity index (χ0) is 14.2. The fraction of sp³-hybridized carbons (Fsp3) is 0.857. The normalized spacial score (nSPS) is 14.3. The maximum atomic E-state index is 12.0. The van der Waals surface area contributed by atoms with E-state index in [2.05, 4.69) is 13.8 Å². The summed E-state index contributed by atoms with van der Waals surface area (Å²) in [6.07, 6.45) is 3.04. The van der Waals surface area contributed by atoms with Crippen molar-refractivity contribution in [3.05, 3.63) is 0 Å². The first-order chi connectivity index (χ1) is 8.40. The van der Waals surface area contributed by atoms with Crippen molar-refractivity contribution in [2.75, 3.05) is 6.61 Å². The van der Waals surface area contributed by atoms with Crippen LogP contribution in [0.15, 0.2) is 0 Å². The highest BCUT2D eigenvalue weighted by Gasteiger charge is 2.46. The van der Waals surface area contributed by atoms with Crippen LogP contribution in [-0.2, 0) is 14.3 Å². The lowest BCUT2D eigenvalue weighted by Gasteiger charge is -2.27. The third-order valence-corrected chi connectivity index (χ3v) is 3.14. The monoisotopic (exact) mass is 258 g/mol. The molecule has 0 bridgehead atoms. The van der Waals surface area contributed by atoms with E-state index in [0.717, 1.165) is 12.8 Å². The Morgan fingerprint density at radius 1 is 1.22 bits per heavy atom. The average Bonchev–Trinajstić information content (AvgIpc) is 2.27. The molecule has 0 spiro atoms. The molecule has 1 unspecified atom stereocenters. The predicted molar refractivity (Wildman–Crippen MR) is 70.3 cm³/mol. The van der Waals surface area contributed by atoms with E-state index in [1.807, 2.05) is 6.92 Å². The van der Waals surface area contributed by atoms with Gasteiger partial charge in [-0.05, 0) is 25.7 Å². The first-order valence-corrected chi connectivity index (χ1v) is 6.81. The molecule has 0 rings (SSSR count). The van der Waals surface area contributed by atoms with E-state index in [1.165, 1.54) is 0 Å². The first kappa shape index (κ1) is 16.9. The van der Waals surface area contributed by atoms with Gasteiger partial charge in [0, 0.05) is 0 Å². The summed E-state index contributed by atoms with van der Waals surface area (Å²) in [7, 11) is 0. The number of carboxylic acids is 1. The summed E-state index contributed by atoms with van der Waals surface area (Å²) in [6, 6.07) is 0. The van der Waals surface area contributed by atoms with Crippen LogP contribution in [0.25, 0.3) is 0 Å². The third kappa shape index (κ3) is 4.67. The Kier molecular flexibility index (Phi) is 7.64. The molecule has 0 aromatic heterocycles. The van der Waals surface area contributed by atoms with Crippen LogP contribution in [-0.4, -0.2) is 23.7 Å². The summed E-state index contributed by atoms with van der Waals surface area (Å²) >= 11 is 0. The van der Waals surface area contributed by atoms with E-state index in [1.54, 1.807) is 6.92 Å². The molecule has 1 atom stereocenters. The Morgan fingerprint density at radius 2 is 1.83 bits per heavy atom. The summed E-state index contributed by atoms with van der Waals surface area (Å²) in [4.78, 5) is 23.5. The smallest absolute Gasteiger partial charge is 0.323 e. The Bertz CT molecular complexity index is 273. The quantitative estimate of drug-likeness (QED) is 0.509. The summed E-state index contributed by atoms with van der Waals surface area (Å²) in [5.41, 5.74) is -1.35. The molecular formula is C14H26O4. The van der Waals surface area contributed by atoms with E-state index in [-0.39, 0.29) is 6.61 Å². The van der Waals surface area contributed by atoms with Crippen LogP contribution in [0.3, 0.4) is 0 Å². The van der Waals surface area contributed by atoms with Crippen molar-refractivity contribution in [3.8, 4) is 0 Å². The lowest BCUT2D eigenvalue weighted by molar-refractivity contribution is -0.170. The van der Waals surface area contributed by atoms with Gasteiger partial charge in [0.2, 0.25) is 0 Å². The standard InChI is InChI=1S/C14H26O4/c1-5-9-14(12(15)16,13(17)18-6-2)10-7-8-11(3)4/h11H,5-10H2,1-4H3,(H,15,16). The molecule has 0 saturated heterocycles. The average molecular weight is 258 g/mol. The number of ether oxygens (including phenoxy) is 1. The largest absolute Gasteiger partial charge is 0.480 e. The molecule has 4 nitrogen and oxygen atoms in total. The topological polar surface area (TPSA) is 63.6 Å². The molecule has 0 saturated carbocycles. The molecule has 4 heteroatoms. The summed E-state index contributed by atoms with van der Waals surface area (Å²) < 4.78 is 4.96. The molecule has 106 valence electrons. The molecule has 0 aliphatic heterocycles. The lowest BCUT2D eigenvalue weighted by Crippen LogP contribution is -2.40. The fourth-order valence-corrected chi connectivity index (χ4v) is 2.14. The Morgan fingerprint density at radius 3 is 2.22 bits per heavy atom. The Labute approximate surface area is 110 Å². The van der Waals surface area contributed by atoms with Crippen molar-refractivity contribution in [1.82, 2.24) is 0 Å². The number of hydrogen-bond donors (Lipinski definition) is 1. The van der Waals surface area contributed by atoms with Gasteiger partial charge in [-0.3, -0.25) is 9.59 Å². The number of hydrogen-bond acceptors (Lipinski definition) is 3. The van der Waals surface area contributed by atoms with Gasteiger partial charge < -0.3 is 9.84 Å². The fourth-order valence-electron chi connectivity index (χ4n) is 2.14. The first-order valence-electron chi connectivity index (χ1n) is 6.81. The molecule has 0 amide bonds. The molecule has 0 radical (unpaired) electrons. The Hall–Kier alpha value is -1.06. The molecule has 0 aromatic carbocycles. The predicted octanol–water partition coefficient (Wildman–Crippen LogP) is 3.25. The van der Waals surface area contributed by atoms with Crippen LogP contribution in [0.5, 0.6) is 0 Å². The van der Waals surface area contributed by atoms with Crippen molar-refractivity contribution in [1.29, 1.82) is 0 Å². The summed E-state index contributed by atoms with van der Waals surface area (Å²) in [5, 5.41) is 9.42. The van der Waals surface area contributed by atoms with E-state index < -0.39 is 17.4 Å². The minimum absolute atomic E-state index is 0.224. The van der Waals surface area contributed by atoms with Crippen LogP contribution < -0.4 is 0 Å². The van der Waals surface area contributed by atoms with Crippen LogP contribution in [0, 0.1) is 11.3 Å². The van der Waals surface area contributed by atoms with Crippen LogP contribution in [0.4, 0.5) is 0 Å². The van der Waals surface area contributed by atoms with E-state index in [4.69, 9.17) is 4.74 Å². The molecule has 1 N–H and O–H groups in total. The van der Waals surface area contributed by atoms with Gasteiger partial charge in [0.15, 0.2) is 5.41 Å². The van der Waals surface area contributed by atoms with Gasteiger partial charge in [-0.1, -0.05) is 40.0 Å². The second-order valence-corrected chi connectivity index (χ2v) is 5.14. The number of aliphatic carboxylic acids is 1. The molecule has 0 fully saturated rings. The number of esters is 1. The van der Waals surface area contributed by atoms with Gasteiger partial charge in [0.05, 0.1) is 6.61 Å². The maximum absolute atomic E-state index is 12.0. The van der Waals surface area contributed by atoms with Gasteiger partial charge >= 0.3 is 11.9 Å². The summed E-state index contributed by atoms with van der Waals surface area (Å²) in [6.45, 7) is 7.99. The maximum Gasteiger partial charge on any atom is 0.323 e. The van der Waals surface area contributed by atoms with Crippen LogP contribution >= 0.6 is 0 Å². The lowest BCUT2D eigenvalue weighted by atomic mass is 9.78. The highest BCUT2D eigenvalue weighted by molar-refractivity contribution is 5.99. The van der Waals surface area contributed by atoms with Gasteiger partial charge in [0.25, 0.3) is 0 Å². The van der Waals surface area contributed by atoms with Crippen molar-refractivity contribution in [3.63, 3.8) is 0 Å². The SMILES string of the molecule is CCCC(CCCC(C)C)(C(=O)O)C(=O)OCC. The van der Waals surface area contributed by atoms with Gasteiger partial charge in [-0.2, -0.15) is 0 Å². The van der Waals surface area contributed by atoms with Gasteiger partial charge in [0.1, 0.15) is 0 Å². The van der Waals surface area contributed by atoms with Crippen molar-refractivity contribution >= 4 is 11.9 Å². The minimum atomic E-state index is -1.35. The molecule has 0 aliphatic rings. The summed E-state index contributed by atoms with van der Waals surface area (Å²) in [5.74, 6) is -1.12. The highest BCUT2D eigenvalue weighted by Crippen LogP contribution is 2.33. The molecule has 0 aromatic rings. The van der Waals surface area contributed by atoms with Crippen molar-refractivity contribution in [2.45, 2.75) is 59.8 Å². The van der Waals surface area contributed by atoms with Crippen LogP contribution in [0.2, 0.25) is 0 Å². The van der Waals surface area contributed by atoms with Crippen LogP contribution in [0.1, 0.15) is 59.8 Å². The Balaban J connectivity index is 4.85. The number of rotatable bonds is 9. The van der Waals surface area contributed by atoms with Gasteiger partial charge in [-0.15, -0.1) is 0 Å². The number of carboxylic acid groups (broad SMARTS) is 1. The molecule has 0 heterocycles. The van der Waals surface area contributed by atoms with Crippen molar-refractivity contribution < 1.29 is 19.4 Å². The van der Waals surface area contributed by atoms with E-state index in [9.17, 15) is 14.7 Å². The van der Waals surface area contributed by atoms with E-state index >= 15 is 0 Å². The zero-order valence-corrected chi connectivity index (χ0v) is 12.0. The van der Waals surface area contributed by atoms with E-state index in [0.29, 0.717) is 25.2 Å². The number of carbonyl (C=O) groups is 2. The second-order valence-electron chi connectivity index (χ2n) is 5.14. The number of carbonyl (C=O) groups excluding carboxylic acids is 1. The molecule has 0 aliphatic carbocycles. The molecular weight excluding hydrogens is 232 g/mol. The van der Waals surface area contributed by atoms with Gasteiger partial charge in [-0.25, -0.2) is 0 Å². The third-order valence-electron chi connectivity index (χ3n) is 3.14. The molecule has 18 heavy (non-hydrogen) atoms.